The van der Waals surface area contributed by atoms with Gasteiger partial charge in [0.05, 0.1) is 4.70 Å². The smallest absolute Gasteiger partial charge is 0.260 e. The minimum absolute atomic E-state index is 0.117. The van der Waals surface area contributed by atoms with Gasteiger partial charge in [-0.25, -0.2) is 9.37 Å². The van der Waals surface area contributed by atoms with E-state index in [1.807, 2.05) is 62.6 Å². The lowest BCUT2D eigenvalue weighted by molar-refractivity contribution is 0.0986. The molecule has 0 saturated heterocycles. The minimum Gasteiger partial charge on any atom is -0.309 e. The number of benzene rings is 3. The molecule has 0 N–H and O–H groups in total. The summed E-state index contributed by atoms with van der Waals surface area (Å²) in [7, 11) is 4.01. The van der Waals surface area contributed by atoms with Crippen molar-refractivity contribution in [2.24, 2.45) is 0 Å². The highest BCUT2D eigenvalue weighted by Gasteiger charge is 2.22. The molecule has 6 heteroatoms. The quantitative estimate of drug-likeness (QED) is 0.441. The molecular formula is C23H22FN3OS. The second kappa shape index (κ2) is 8.27. The molecule has 4 aromatic rings. The molecule has 148 valence electrons. The Balaban J connectivity index is 1.71. The van der Waals surface area contributed by atoms with E-state index in [-0.39, 0.29) is 11.7 Å². The molecule has 1 amide bonds. The number of fused-ring (bicyclic) bond motifs is 2. The average molecular weight is 408 g/mol. The standard InChI is InChI=1S/C23H22FN3OS/c1-26(2)13-6-14-27(23-25-21-19(24)9-5-10-20(21)29-23)22(28)18-12-11-16-7-3-4-8-17(16)15-18/h3-5,7-12,15H,6,13-14H2,1-2H3. The van der Waals surface area contributed by atoms with E-state index in [2.05, 4.69) is 9.88 Å². The number of amides is 1. The van der Waals surface area contributed by atoms with Gasteiger partial charge in [-0.2, -0.15) is 0 Å². The highest BCUT2D eigenvalue weighted by atomic mass is 32.1. The van der Waals surface area contributed by atoms with Crippen molar-refractivity contribution in [2.45, 2.75) is 6.42 Å². The summed E-state index contributed by atoms with van der Waals surface area (Å²) in [6.45, 7) is 1.37. The van der Waals surface area contributed by atoms with Gasteiger partial charge in [-0.3, -0.25) is 9.69 Å². The van der Waals surface area contributed by atoms with Crippen LogP contribution in [0.3, 0.4) is 0 Å². The van der Waals surface area contributed by atoms with E-state index in [0.717, 1.165) is 28.4 Å². The van der Waals surface area contributed by atoms with Gasteiger partial charge in [0.1, 0.15) is 11.3 Å². The molecule has 29 heavy (non-hydrogen) atoms. The summed E-state index contributed by atoms with van der Waals surface area (Å²) in [6, 6.07) is 18.6. The zero-order valence-corrected chi connectivity index (χ0v) is 17.2. The molecule has 1 heterocycles. The molecule has 0 fully saturated rings. The number of thiazole rings is 1. The Morgan fingerprint density at radius 3 is 2.55 bits per heavy atom. The van der Waals surface area contributed by atoms with E-state index < -0.39 is 0 Å². The summed E-state index contributed by atoms with van der Waals surface area (Å²) in [5.74, 6) is -0.481. The minimum atomic E-state index is -0.364. The van der Waals surface area contributed by atoms with Crippen LogP contribution < -0.4 is 4.90 Å². The number of aromatic nitrogens is 1. The Bertz CT molecular complexity index is 1170. The Morgan fingerprint density at radius 2 is 1.79 bits per heavy atom. The maximum Gasteiger partial charge on any atom is 0.260 e. The van der Waals surface area contributed by atoms with Crippen molar-refractivity contribution in [3.05, 3.63) is 72.0 Å². The fourth-order valence-corrected chi connectivity index (χ4v) is 4.33. The van der Waals surface area contributed by atoms with Gasteiger partial charge in [-0.15, -0.1) is 0 Å². The van der Waals surface area contributed by atoms with Gasteiger partial charge >= 0.3 is 0 Å². The van der Waals surface area contributed by atoms with Crippen molar-refractivity contribution in [3.63, 3.8) is 0 Å². The molecule has 4 nitrogen and oxygen atoms in total. The number of carbonyl (C=O) groups excluding carboxylic acids is 1. The van der Waals surface area contributed by atoms with Crippen molar-refractivity contribution in [3.8, 4) is 0 Å². The van der Waals surface area contributed by atoms with Crippen LogP contribution in [0.25, 0.3) is 21.0 Å². The van der Waals surface area contributed by atoms with Crippen LogP contribution in [-0.4, -0.2) is 43.0 Å². The predicted octanol–water partition coefficient (Wildman–Crippen LogP) is 5.19. The van der Waals surface area contributed by atoms with E-state index in [1.165, 1.54) is 17.4 Å². The van der Waals surface area contributed by atoms with Gasteiger partial charge in [0.25, 0.3) is 5.91 Å². The number of hydrogen-bond donors (Lipinski definition) is 0. The van der Waals surface area contributed by atoms with Crippen molar-refractivity contribution in [2.75, 3.05) is 32.1 Å². The number of hydrogen-bond acceptors (Lipinski definition) is 4. The van der Waals surface area contributed by atoms with E-state index in [0.29, 0.717) is 22.8 Å². The largest absolute Gasteiger partial charge is 0.309 e. The maximum absolute atomic E-state index is 14.2. The fourth-order valence-electron chi connectivity index (χ4n) is 3.33. The van der Waals surface area contributed by atoms with E-state index in [9.17, 15) is 9.18 Å². The van der Waals surface area contributed by atoms with Gasteiger partial charge in [0.2, 0.25) is 0 Å². The number of para-hydroxylation sites is 1. The zero-order valence-electron chi connectivity index (χ0n) is 16.4. The first-order valence-electron chi connectivity index (χ1n) is 9.53. The number of rotatable bonds is 6. The number of carbonyl (C=O) groups is 1. The molecule has 0 aliphatic carbocycles. The lowest BCUT2D eigenvalue weighted by Gasteiger charge is -2.21. The summed E-state index contributed by atoms with van der Waals surface area (Å²) in [5, 5.41) is 2.63. The Morgan fingerprint density at radius 1 is 1.00 bits per heavy atom. The van der Waals surface area contributed by atoms with Crippen LogP contribution in [0.15, 0.2) is 60.7 Å². The molecule has 0 unspecified atom stereocenters. The number of anilines is 1. The Hall–Kier alpha value is -2.83. The van der Waals surface area contributed by atoms with Crippen LogP contribution in [0.2, 0.25) is 0 Å². The molecule has 3 aromatic carbocycles. The number of nitrogens with zero attached hydrogens (tertiary/aromatic N) is 3. The van der Waals surface area contributed by atoms with Gasteiger partial charge in [-0.1, -0.05) is 47.7 Å². The van der Waals surface area contributed by atoms with Crippen LogP contribution in [-0.2, 0) is 0 Å². The lowest BCUT2D eigenvalue weighted by atomic mass is 10.1. The highest BCUT2D eigenvalue weighted by Crippen LogP contribution is 2.31. The fraction of sp³-hybridized carbons (Fsp3) is 0.217. The molecule has 0 saturated carbocycles. The molecule has 1 aromatic heterocycles. The summed E-state index contributed by atoms with van der Waals surface area (Å²) >= 11 is 1.35. The maximum atomic E-state index is 14.2. The molecular weight excluding hydrogens is 385 g/mol. The SMILES string of the molecule is CN(C)CCCN(C(=O)c1ccc2ccccc2c1)c1nc2c(F)cccc2s1. The summed E-state index contributed by atoms with van der Waals surface area (Å²) < 4.78 is 14.9. The zero-order chi connectivity index (χ0) is 20.4. The van der Waals surface area contributed by atoms with Gasteiger partial charge in [0.15, 0.2) is 5.13 Å². The third-order valence-electron chi connectivity index (χ3n) is 4.82. The van der Waals surface area contributed by atoms with Crippen LogP contribution >= 0.6 is 11.3 Å². The van der Waals surface area contributed by atoms with E-state index in [1.54, 1.807) is 11.0 Å². The Labute approximate surface area is 173 Å². The monoisotopic (exact) mass is 407 g/mol. The van der Waals surface area contributed by atoms with Crippen LogP contribution in [0.4, 0.5) is 9.52 Å². The van der Waals surface area contributed by atoms with Crippen molar-refractivity contribution in [1.82, 2.24) is 9.88 Å². The molecule has 0 bridgehead atoms. The summed E-state index contributed by atoms with van der Waals surface area (Å²) in [4.78, 5) is 21.6. The average Bonchev–Trinajstić information content (AvgIpc) is 3.15. The first-order valence-corrected chi connectivity index (χ1v) is 10.3. The highest BCUT2D eigenvalue weighted by molar-refractivity contribution is 7.22. The first-order chi connectivity index (χ1) is 14.0. The normalized spacial score (nSPS) is 11.4. The van der Waals surface area contributed by atoms with Crippen molar-refractivity contribution < 1.29 is 9.18 Å². The molecule has 0 radical (unpaired) electrons. The van der Waals surface area contributed by atoms with Crippen LogP contribution in [0.1, 0.15) is 16.8 Å². The second-order valence-electron chi connectivity index (χ2n) is 7.26. The van der Waals surface area contributed by atoms with Gasteiger partial charge < -0.3 is 4.90 Å². The molecule has 0 atom stereocenters. The molecule has 4 rings (SSSR count). The lowest BCUT2D eigenvalue weighted by Crippen LogP contribution is -2.33. The molecule has 0 aliphatic heterocycles. The van der Waals surface area contributed by atoms with E-state index >= 15 is 0 Å². The third kappa shape index (κ3) is 4.13. The van der Waals surface area contributed by atoms with Crippen molar-refractivity contribution >= 4 is 43.4 Å². The second-order valence-corrected chi connectivity index (χ2v) is 8.27. The topological polar surface area (TPSA) is 36.4 Å². The molecule has 0 spiro atoms. The Kier molecular flexibility index (Phi) is 5.56. The molecule has 0 aliphatic rings. The predicted molar refractivity (Wildman–Crippen MR) is 118 cm³/mol. The number of halogens is 1. The van der Waals surface area contributed by atoms with E-state index in [4.69, 9.17) is 0 Å². The van der Waals surface area contributed by atoms with Crippen LogP contribution in [0.5, 0.6) is 0 Å². The van der Waals surface area contributed by atoms with Crippen LogP contribution in [0, 0.1) is 5.82 Å². The van der Waals surface area contributed by atoms with Gasteiger partial charge in [-0.05, 0) is 62.1 Å². The third-order valence-corrected chi connectivity index (χ3v) is 5.86. The first kappa shape index (κ1) is 19.5. The summed E-state index contributed by atoms with van der Waals surface area (Å²) in [6.07, 6.45) is 0.796. The van der Waals surface area contributed by atoms with Crippen molar-refractivity contribution in [1.29, 1.82) is 0 Å². The summed E-state index contributed by atoms with van der Waals surface area (Å²) in [5.41, 5.74) is 0.921. The van der Waals surface area contributed by atoms with Gasteiger partial charge in [0, 0.05) is 12.1 Å².